The Balaban J connectivity index is 1.61. The van der Waals surface area contributed by atoms with E-state index >= 15 is 0 Å². The molecule has 0 aliphatic carbocycles. The zero-order chi connectivity index (χ0) is 45.6. The highest BCUT2D eigenvalue weighted by Gasteiger charge is 2.28. The van der Waals surface area contributed by atoms with Crippen LogP contribution in [0.4, 0.5) is 11.6 Å². The third kappa shape index (κ3) is 12.6. The third-order valence-corrected chi connectivity index (χ3v) is 11.9. The fourth-order valence-corrected chi connectivity index (χ4v) is 8.31. The van der Waals surface area contributed by atoms with Gasteiger partial charge in [0.1, 0.15) is 19.0 Å². The van der Waals surface area contributed by atoms with Gasteiger partial charge in [-0.2, -0.15) is 9.97 Å². The van der Waals surface area contributed by atoms with Crippen LogP contribution in [0.15, 0.2) is 78.9 Å². The largest absolute Gasteiger partial charge is 0.507 e. The highest BCUT2D eigenvalue weighted by Crippen LogP contribution is 2.40. The molecule has 5 aromatic rings. The molecule has 0 aliphatic heterocycles. The van der Waals surface area contributed by atoms with Crippen LogP contribution in [0.5, 0.6) is 17.8 Å². The molecule has 1 atom stereocenters. The molecule has 7 heteroatoms. The molecule has 334 valence electrons. The highest BCUT2D eigenvalue weighted by atomic mass is 16.5. The van der Waals surface area contributed by atoms with Crippen LogP contribution in [0.25, 0.3) is 0 Å². The predicted octanol–water partition coefficient (Wildman–Crippen LogP) is 14.2. The van der Waals surface area contributed by atoms with Gasteiger partial charge in [0.15, 0.2) is 0 Å². The average Bonchev–Trinajstić information content (AvgIpc) is 3.19. The number of hydrogen-bond acceptors (Lipinski definition) is 7. The van der Waals surface area contributed by atoms with Gasteiger partial charge in [-0.1, -0.05) is 171 Å². The third-order valence-electron chi connectivity index (χ3n) is 11.9. The highest BCUT2D eigenvalue weighted by molar-refractivity contribution is 5.58. The van der Waals surface area contributed by atoms with E-state index in [2.05, 4.69) is 175 Å². The predicted molar refractivity (Wildman–Crippen MR) is 259 cm³/mol. The monoisotopic (exact) mass is 841 g/mol. The number of ether oxygens (including phenoxy) is 2. The number of aromatic nitrogens is 3. The van der Waals surface area contributed by atoms with Gasteiger partial charge in [0.05, 0.1) is 0 Å². The Kier molecular flexibility index (Phi) is 15.2. The maximum absolute atomic E-state index is 11.4. The lowest BCUT2D eigenvalue weighted by molar-refractivity contribution is 0.249. The first kappa shape index (κ1) is 48.1. The molecule has 0 fully saturated rings. The second-order valence-electron chi connectivity index (χ2n) is 21.5. The van der Waals surface area contributed by atoms with E-state index in [1.165, 1.54) is 27.8 Å². The number of phenols is 1. The molecule has 4 aromatic carbocycles. The van der Waals surface area contributed by atoms with Gasteiger partial charge in [0.25, 0.3) is 0 Å². The number of nitrogens with zero attached hydrogens (tertiary/aromatic N) is 4. The van der Waals surface area contributed by atoms with Crippen molar-refractivity contribution in [2.24, 2.45) is 5.92 Å². The molecule has 0 bridgehead atoms. The molecule has 0 radical (unpaired) electrons. The summed E-state index contributed by atoms with van der Waals surface area (Å²) in [5.74, 6) is 1.25. The van der Waals surface area contributed by atoms with Crippen molar-refractivity contribution in [2.75, 3.05) is 11.4 Å². The minimum Gasteiger partial charge on any atom is -0.507 e. The van der Waals surface area contributed by atoms with Crippen molar-refractivity contribution in [1.82, 2.24) is 15.0 Å². The summed E-state index contributed by atoms with van der Waals surface area (Å²) in [7, 11) is 0. The van der Waals surface area contributed by atoms with E-state index in [9.17, 15) is 5.11 Å². The topological polar surface area (TPSA) is 80.6 Å². The molecular formula is C55H76N4O3. The first-order valence-electron chi connectivity index (χ1n) is 22.9. The fraction of sp³-hybridized carbons (Fsp3) is 0.509. The summed E-state index contributed by atoms with van der Waals surface area (Å²) in [6, 6.07) is 28.4. The van der Waals surface area contributed by atoms with E-state index in [4.69, 9.17) is 24.4 Å². The normalized spacial score (nSPS) is 13.0. The van der Waals surface area contributed by atoms with Gasteiger partial charge in [0.2, 0.25) is 5.95 Å². The molecule has 1 aromatic heterocycles. The Morgan fingerprint density at radius 2 is 1.03 bits per heavy atom. The molecular weight excluding hydrogens is 765 g/mol. The quantitative estimate of drug-likeness (QED) is 0.106. The first-order chi connectivity index (χ1) is 29.0. The molecule has 62 heavy (non-hydrogen) atoms. The van der Waals surface area contributed by atoms with Gasteiger partial charge in [-0.15, -0.1) is 4.98 Å². The second-order valence-corrected chi connectivity index (χ2v) is 21.5. The lowest BCUT2D eigenvalue weighted by Crippen LogP contribution is -2.27. The Bertz CT molecular complexity index is 2060. The molecule has 1 heterocycles. The Labute approximate surface area is 374 Å². The van der Waals surface area contributed by atoms with Crippen LogP contribution in [0.2, 0.25) is 0 Å². The number of benzene rings is 4. The minimum absolute atomic E-state index is 0.0415. The summed E-state index contributed by atoms with van der Waals surface area (Å²) in [5, 5.41) is 11.4. The number of hydrogen-bond donors (Lipinski definition) is 1. The van der Waals surface area contributed by atoms with Crippen LogP contribution >= 0.6 is 0 Å². The van der Waals surface area contributed by atoms with Crippen LogP contribution in [0, 0.1) is 12.8 Å². The van der Waals surface area contributed by atoms with Gasteiger partial charge >= 0.3 is 12.0 Å². The van der Waals surface area contributed by atoms with Crippen molar-refractivity contribution in [3.63, 3.8) is 0 Å². The Morgan fingerprint density at radius 1 is 0.581 bits per heavy atom. The Hall–Kier alpha value is -4.91. The summed E-state index contributed by atoms with van der Waals surface area (Å²) in [6.07, 6.45) is 5.30. The van der Waals surface area contributed by atoms with E-state index in [1.54, 1.807) is 0 Å². The zero-order valence-electron chi connectivity index (χ0n) is 40.8. The van der Waals surface area contributed by atoms with Crippen LogP contribution in [-0.4, -0.2) is 26.6 Å². The molecule has 1 unspecified atom stereocenters. The van der Waals surface area contributed by atoms with Crippen LogP contribution in [0.3, 0.4) is 0 Å². The van der Waals surface area contributed by atoms with Gasteiger partial charge in [-0.25, -0.2) is 0 Å². The van der Waals surface area contributed by atoms with E-state index < -0.39 is 0 Å². The van der Waals surface area contributed by atoms with Crippen LogP contribution in [-0.2, 0) is 41.3 Å². The van der Waals surface area contributed by atoms with Gasteiger partial charge in [0, 0.05) is 12.2 Å². The minimum atomic E-state index is -0.276. The molecule has 5 rings (SSSR count). The van der Waals surface area contributed by atoms with Crippen LogP contribution < -0.4 is 14.4 Å². The van der Waals surface area contributed by atoms with Crippen molar-refractivity contribution >= 4 is 11.6 Å². The molecule has 0 amide bonds. The molecule has 0 aliphatic rings. The molecule has 7 nitrogen and oxygen atoms in total. The van der Waals surface area contributed by atoms with E-state index in [0.717, 1.165) is 66.6 Å². The number of anilines is 2. The standard InChI is InChI=1S/C55H76N4O3/c1-16-18-22-38(17-2)34-59(43-27-25-40(26-28-43)29-39-23-20-19-21-24-39)49-56-50(61-35-41-30-44(52(4,5)6)37(3)45(31-41)53(7,8)9)58-51(57-49)62-36-42-32-46(54(10,11)12)48(60)47(33-42)55(13,14)15/h19-21,23-28,30-33,38,60H,16-18,22,29,34-36H2,1-15H3. The fourth-order valence-electron chi connectivity index (χ4n) is 8.31. The number of rotatable bonds is 16. The summed E-state index contributed by atoms with van der Waals surface area (Å²) >= 11 is 0. The SMILES string of the molecule is CCCCC(CC)CN(c1ccc(Cc2ccccc2)cc1)c1nc(OCc2cc(C(C)(C)C)c(C)c(C(C)(C)C)c2)nc(OCc2cc(C(C)(C)C)c(O)c(C(C)(C)C)c2)n1. The number of unbranched alkanes of at least 4 members (excludes halogenated alkanes) is 1. The van der Waals surface area contributed by atoms with E-state index in [0.29, 0.717) is 24.2 Å². The maximum atomic E-state index is 11.4. The van der Waals surface area contributed by atoms with E-state index in [1.807, 2.05) is 12.1 Å². The van der Waals surface area contributed by atoms with E-state index in [-0.39, 0.29) is 40.3 Å². The van der Waals surface area contributed by atoms with Crippen molar-refractivity contribution in [2.45, 2.75) is 171 Å². The summed E-state index contributed by atoms with van der Waals surface area (Å²) in [4.78, 5) is 17.2. The van der Waals surface area contributed by atoms with Gasteiger partial charge < -0.3 is 19.5 Å². The summed E-state index contributed by atoms with van der Waals surface area (Å²) in [5.41, 5.74) is 10.6. The first-order valence-corrected chi connectivity index (χ1v) is 22.9. The van der Waals surface area contributed by atoms with Crippen LogP contribution in [0.1, 0.15) is 173 Å². The molecule has 0 saturated heterocycles. The Morgan fingerprint density at radius 3 is 1.47 bits per heavy atom. The molecule has 1 N–H and O–H groups in total. The number of phenolic OH excluding ortho intramolecular Hbond substituents is 1. The zero-order valence-corrected chi connectivity index (χ0v) is 40.8. The second kappa shape index (κ2) is 19.6. The summed E-state index contributed by atoms with van der Waals surface area (Å²) in [6.45, 7) is 34.3. The van der Waals surface area contributed by atoms with Crippen molar-refractivity contribution in [1.29, 1.82) is 0 Å². The lowest BCUT2D eigenvalue weighted by Gasteiger charge is -2.30. The lowest BCUT2D eigenvalue weighted by atomic mass is 9.76. The smallest absolute Gasteiger partial charge is 0.324 e. The van der Waals surface area contributed by atoms with Gasteiger partial charge in [-0.05, 0) is 122 Å². The van der Waals surface area contributed by atoms with Crippen molar-refractivity contribution < 1.29 is 14.6 Å². The number of aromatic hydroxyl groups is 1. The maximum Gasteiger partial charge on any atom is 0.324 e. The summed E-state index contributed by atoms with van der Waals surface area (Å²) < 4.78 is 13.2. The molecule has 0 saturated carbocycles. The van der Waals surface area contributed by atoms with Gasteiger partial charge in [-0.3, -0.25) is 0 Å². The van der Waals surface area contributed by atoms with Crippen molar-refractivity contribution in [3.05, 3.63) is 129 Å². The average molecular weight is 841 g/mol. The molecule has 0 spiro atoms. The van der Waals surface area contributed by atoms with Crippen molar-refractivity contribution in [3.8, 4) is 17.8 Å².